The van der Waals surface area contributed by atoms with Crippen LogP contribution in [0, 0.1) is 6.92 Å². The number of aryl methyl sites for hydroxylation is 1. The van der Waals surface area contributed by atoms with Crippen molar-refractivity contribution in [1.29, 1.82) is 0 Å². The number of benzene rings is 2. The number of amides is 1. The molecule has 1 aromatic heterocycles. The highest BCUT2D eigenvalue weighted by atomic mass is 16.4. The number of phenols is 1. The van der Waals surface area contributed by atoms with Gasteiger partial charge in [0.2, 0.25) is 0 Å². The second-order valence-electron chi connectivity index (χ2n) is 7.83. The van der Waals surface area contributed by atoms with Gasteiger partial charge in [-0.25, -0.2) is 9.97 Å². The monoisotopic (exact) mass is 436 g/mol. The van der Waals surface area contributed by atoms with Crippen LogP contribution < -0.4 is 4.90 Å². The Labute approximate surface area is 184 Å². The summed E-state index contributed by atoms with van der Waals surface area (Å²) in [5, 5.41) is 29.8. The Kier molecular flexibility index (Phi) is 5.91. The third kappa shape index (κ3) is 4.33. The largest absolute Gasteiger partial charge is 0.507 e. The van der Waals surface area contributed by atoms with E-state index in [-0.39, 0.29) is 5.75 Å². The average molecular weight is 436 g/mol. The minimum absolute atomic E-state index is 0.0910. The number of nitrogens with zero attached hydrogens (tertiary/aromatic N) is 4. The molecule has 1 amide bonds. The SMILES string of the molecule is Cc1ccc2c(N3CCN(C(=O)C(O)CC(=O)O)CC3)nc(-c3ccccc3O)nc2c1. The van der Waals surface area contributed by atoms with Gasteiger partial charge in [0, 0.05) is 31.6 Å². The van der Waals surface area contributed by atoms with Crippen LogP contribution in [0.3, 0.4) is 0 Å². The average Bonchev–Trinajstić information content (AvgIpc) is 2.77. The molecule has 1 fully saturated rings. The third-order valence-corrected chi connectivity index (χ3v) is 5.52. The molecule has 0 aliphatic carbocycles. The number of piperazine rings is 1. The number of fused-ring (bicyclic) bond motifs is 1. The van der Waals surface area contributed by atoms with E-state index in [2.05, 4.69) is 4.98 Å². The number of carbonyl (C=O) groups excluding carboxylic acids is 1. The number of para-hydroxylation sites is 1. The Morgan fingerprint density at radius 1 is 1.06 bits per heavy atom. The first kappa shape index (κ1) is 21.5. The number of anilines is 1. The Bertz CT molecular complexity index is 1170. The van der Waals surface area contributed by atoms with Crippen LogP contribution >= 0.6 is 0 Å². The zero-order valence-corrected chi connectivity index (χ0v) is 17.6. The first-order chi connectivity index (χ1) is 15.3. The summed E-state index contributed by atoms with van der Waals surface area (Å²) in [7, 11) is 0. The molecule has 0 saturated carbocycles. The number of aliphatic hydroxyl groups is 1. The van der Waals surface area contributed by atoms with E-state index < -0.39 is 24.4 Å². The molecule has 0 radical (unpaired) electrons. The molecule has 1 saturated heterocycles. The van der Waals surface area contributed by atoms with Crippen LogP contribution in [0.5, 0.6) is 5.75 Å². The molecule has 166 valence electrons. The molecule has 2 aromatic carbocycles. The molecule has 32 heavy (non-hydrogen) atoms. The van der Waals surface area contributed by atoms with E-state index >= 15 is 0 Å². The van der Waals surface area contributed by atoms with Crippen LogP contribution in [-0.2, 0) is 9.59 Å². The van der Waals surface area contributed by atoms with Crippen molar-refractivity contribution >= 4 is 28.6 Å². The van der Waals surface area contributed by atoms with Gasteiger partial charge >= 0.3 is 5.97 Å². The van der Waals surface area contributed by atoms with Gasteiger partial charge in [0.1, 0.15) is 17.7 Å². The first-order valence-corrected chi connectivity index (χ1v) is 10.3. The Morgan fingerprint density at radius 2 is 1.78 bits per heavy atom. The van der Waals surface area contributed by atoms with E-state index in [1.807, 2.05) is 36.1 Å². The summed E-state index contributed by atoms with van der Waals surface area (Å²) in [4.78, 5) is 36.1. The molecule has 9 heteroatoms. The number of aromatic nitrogens is 2. The normalized spacial score (nSPS) is 15.1. The Balaban J connectivity index is 1.64. The molecule has 3 aromatic rings. The van der Waals surface area contributed by atoms with E-state index in [9.17, 15) is 19.8 Å². The van der Waals surface area contributed by atoms with Crippen molar-refractivity contribution in [2.75, 3.05) is 31.1 Å². The Hall–Kier alpha value is -3.72. The molecule has 0 bridgehead atoms. The van der Waals surface area contributed by atoms with Gasteiger partial charge in [-0.15, -0.1) is 0 Å². The molecule has 1 aliphatic rings. The molecule has 1 atom stereocenters. The molecular formula is C23H24N4O5. The number of hydrogen-bond donors (Lipinski definition) is 3. The lowest BCUT2D eigenvalue weighted by molar-refractivity contribution is -0.148. The number of aromatic hydroxyl groups is 1. The van der Waals surface area contributed by atoms with Crippen LogP contribution in [0.2, 0.25) is 0 Å². The maximum Gasteiger partial charge on any atom is 0.306 e. The number of carboxylic acids is 1. The maximum atomic E-state index is 12.3. The van der Waals surface area contributed by atoms with Gasteiger partial charge in [0.25, 0.3) is 5.91 Å². The lowest BCUT2D eigenvalue weighted by atomic mass is 10.1. The fraction of sp³-hybridized carbons (Fsp3) is 0.304. The highest BCUT2D eigenvalue weighted by molar-refractivity contribution is 5.92. The summed E-state index contributed by atoms with van der Waals surface area (Å²) in [6, 6.07) is 12.8. The van der Waals surface area contributed by atoms with Crippen molar-refractivity contribution < 1.29 is 24.9 Å². The van der Waals surface area contributed by atoms with E-state index in [0.717, 1.165) is 16.5 Å². The second kappa shape index (κ2) is 8.80. The number of phenolic OH excluding ortho intramolecular Hbond substituents is 1. The zero-order chi connectivity index (χ0) is 22.8. The number of carboxylic acid groups (broad SMARTS) is 1. The number of aliphatic carboxylic acids is 1. The lowest BCUT2D eigenvalue weighted by Gasteiger charge is -2.36. The van der Waals surface area contributed by atoms with Gasteiger partial charge in [-0.2, -0.15) is 0 Å². The van der Waals surface area contributed by atoms with Crippen molar-refractivity contribution in [3.05, 3.63) is 48.0 Å². The number of hydrogen-bond acceptors (Lipinski definition) is 7. The van der Waals surface area contributed by atoms with Gasteiger partial charge in [0.05, 0.1) is 17.5 Å². The fourth-order valence-electron chi connectivity index (χ4n) is 3.85. The van der Waals surface area contributed by atoms with Gasteiger partial charge in [0.15, 0.2) is 5.82 Å². The van der Waals surface area contributed by atoms with E-state index in [4.69, 9.17) is 10.1 Å². The maximum absolute atomic E-state index is 12.3. The summed E-state index contributed by atoms with van der Waals surface area (Å²) < 4.78 is 0. The summed E-state index contributed by atoms with van der Waals surface area (Å²) in [6.45, 7) is 3.57. The molecular weight excluding hydrogens is 412 g/mol. The minimum atomic E-state index is -1.55. The molecule has 1 unspecified atom stereocenters. The van der Waals surface area contributed by atoms with Crippen molar-refractivity contribution in [3.63, 3.8) is 0 Å². The van der Waals surface area contributed by atoms with Crippen LogP contribution in [0.1, 0.15) is 12.0 Å². The van der Waals surface area contributed by atoms with Crippen LogP contribution in [-0.4, -0.2) is 74.3 Å². The number of carbonyl (C=O) groups is 2. The lowest BCUT2D eigenvalue weighted by Crippen LogP contribution is -2.52. The predicted octanol–water partition coefficient (Wildman–Crippen LogP) is 1.80. The molecule has 1 aliphatic heterocycles. The molecule has 2 heterocycles. The molecule has 3 N–H and O–H groups in total. The topological polar surface area (TPSA) is 127 Å². The minimum Gasteiger partial charge on any atom is -0.507 e. The predicted molar refractivity (Wildman–Crippen MR) is 118 cm³/mol. The van der Waals surface area contributed by atoms with Gasteiger partial charge in [-0.05, 0) is 36.8 Å². The second-order valence-corrected chi connectivity index (χ2v) is 7.83. The van der Waals surface area contributed by atoms with Crippen molar-refractivity contribution in [1.82, 2.24) is 14.9 Å². The fourth-order valence-corrected chi connectivity index (χ4v) is 3.85. The van der Waals surface area contributed by atoms with E-state index in [0.29, 0.717) is 43.4 Å². The van der Waals surface area contributed by atoms with Crippen molar-refractivity contribution in [2.24, 2.45) is 0 Å². The van der Waals surface area contributed by atoms with E-state index in [1.54, 1.807) is 18.2 Å². The summed E-state index contributed by atoms with van der Waals surface area (Å²) in [5.41, 5.74) is 2.33. The Morgan fingerprint density at radius 3 is 2.47 bits per heavy atom. The van der Waals surface area contributed by atoms with Crippen molar-refractivity contribution in [2.45, 2.75) is 19.4 Å². The van der Waals surface area contributed by atoms with Crippen LogP contribution in [0.15, 0.2) is 42.5 Å². The molecule has 4 rings (SSSR count). The first-order valence-electron chi connectivity index (χ1n) is 10.3. The van der Waals surface area contributed by atoms with Gasteiger partial charge in [-0.3, -0.25) is 9.59 Å². The molecule has 9 nitrogen and oxygen atoms in total. The van der Waals surface area contributed by atoms with Gasteiger partial charge in [-0.1, -0.05) is 18.2 Å². The van der Waals surface area contributed by atoms with Gasteiger partial charge < -0.3 is 25.1 Å². The van der Waals surface area contributed by atoms with Crippen molar-refractivity contribution in [3.8, 4) is 17.1 Å². The van der Waals surface area contributed by atoms with Crippen LogP contribution in [0.4, 0.5) is 5.82 Å². The summed E-state index contributed by atoms with van der Waals surface area (Å²) in [5.74, 6) is -0.597. The zero-order valence-electron chi connectivity index (χ0n) is 17.6. The third-order valence-electron chi connectivity index (χ3n) is 5.52. The molecule has 0 spiro atoms. The highest BCUT2D eigenvalue weighted by Gasteiger charge is 2.29. The van der Waals surface area contributed by atoms with E-state index in [1.165, 1.54) is 4.90 Å². The smallest absolute Gasteiger partial charge is 0.306 e. The number of rotatable bonds is 5. The summed E-state index contributed by atoms with van der Waals surface area (Å²) in [6.07, 6.45) is -2.16. The number of aliphatic hydroxyl groups excluding tert-OH is 1. The summed E-state index contributed by atoms with van der Waals surface area (Å²) >= 11 is 0. The van der Waals surface area contributed by atoms with Crippen LogP contribution in [0.25, 0.3) is 22.3 Å². The standard InChI is InChI=1S/C23H24N4O5/c1-14-6-7-15-17(12-14)24-21(16-4-2-3-5-18(16)28)25-22(15)26-8-10-27(11-9-26)23(32)19(29)13-20(30)31/h2-7,12,19,28-29H,8-11,13H2,1H3,(H,30,31). The quantitative estimate of drug-likeness (QED) is 0.553. The highest BCUT2D eigenvalue weighted by Crippen LogP contribution is 2.32.